The molecule has 2 heterocycles. The zero-order valence-electron chi connectivity index (χ0n) is 13.6. The minimum absolute atomic E-state index is 0.172. The van der Waals surface area contributed by atoms with Gasteiger partial charge in [0.2, 0.25) is 0 Å². The molecule has 0 N–H and O–H groups in total. The van der Waals surface area contributed by atoms with Gasteiger partial charge in [-0.25, -0.2) is 4.79 Å². The van der Waals surface area contributed by atoms with Gasteiger partial charge in [-0.2, -0.15) is 0 Å². The molecule has 0 bridgehead atoms. The third-order valence-electron chi connectivity index (χ3n) is 4.15. The summed E-state index contributed by atoms with van der Waals surface area (Å²) >= 11 is 0. The molecular formula is C19H20N2O3. The second kappa shape index (κ2) is 7.25. The summed E-state index contributed by atoms with van der Waals surface area (Å²) in [5, 5.41) is 0. The lowest BCUT2D eigenvalue weighted by molar-refractivity contribution is -0.140. The molecule has 0 spiro atoms. The third-order valence-corrected chi connectivity index (χ3v) is 4.15. The summed E-state index contributed by atoms with van der Waals surface area (Å²) in [6, 6.07) is 10.2. The van der Waals surface area contributed by atoms with E-state index < -0.39 is 6.04 Å². The van der Waals surface area contributed by atoms with Crippen molar-refractivity contribution < 1.29 is 14.3 Å². The Kier molecular flexibility index (Phi) is 4.89. The van der Waals surface area contributed by atoms with E-state index in [0.717, 1.165) is 18.4 Å². The molecule has 0 aliphatic carbocycles. The number of piperidine rings is 1. The van der Waals surface area contributed by atoms with E-state index in [-0.39, 0.29) is 11.9 Å². The number of carbonyl (C=O) groups excluding carboxylic acids is 2. The molecular weight excluding hydrogens is 304 g/mol. The maximum Gasteiger partial charge on any atom is 0.334 e. The highest BCUT2D eigenvalue weighted by molar-refractivity contribution is 5.96. The SMILES string of the molecule is Cc1cccc(OC(=O)C2CCCCN2C(=O)c2cccnc2)c1. The molecule has 1 aliphatic heterocycles. The maximum absolute atomic E-state index is 12.7. The molecule has 1 unspecified atom stereocenters. The van der Waals surface area contributed by atoms with E-state index in [1.54, 1.807) is 29.3 Å². The van der Waals surface area contributed by atoms with Gasteiger partial charge < -0.3 is 9.64 Å². The van der Waals surface area contributed by atoms with E-state index in [2.05, 4.69) is 4.98 Å². The number of hydrogen-bond acceptors (Lipinski definition) is 4. The normalized spacial score (nSPS) is 17.4. The third kappa shape index (κ3) is 3.62. The number of hydrogen-bond donors (Lipinski definition) is 0. The zero-order valence-corrected chi connectivity index (χ0v) is 13.6. The summed E-state index contributed by atoms with van der Waals surface area (Å²) in [5.74, 6) is -0.0362. The van der Waals surface area contributed by atoms with E-state index in [9.17, 15) is 9.59 Å². The Labute approximate surface area is 141 Å². The second-order valence-corrected chi connectivity index (χ2v) is 5.99. The quantitative estimate of drug-likeness (QED) is 0.643. The molecule has 1 aliphatic rings. The number of carbonyl (C=O) groups is 2. The molecule has 1 atom stereocenters. The monoisotopic (exact) mass is 324 g/mol. The number of pyridine rings is 1. The summed E-state index contributed by atoms with van der Waals surface area (Å²) < 4.78 is 5.50. The largest absolute Gasteiger partial charge is 0.425 e. The average Bonchev–Trinajstić information content (AvgIpc) is 2.62. The number of aryl methyl sites for hydroxylation is 1. The Hall–Kier alpha value is -2.69. The Morgan fingerprint density at radius 1 is 1.21 bits per heavy atom. The lowest BCUT2D eigenvalue weighted by atomic mass is 10.0. The molecule has 1 aromatic carbocycles. The molecule has 0 saturated carbocycles. The topological polar surface area (TPSA) is 59.5 Å². The maximum atomic E-state index is 12.7. The van der Waals surface area contributed by atoms with Crippen LogP contribution >= 0.6 is 0 Å². The number of nitrogens with zero attached hydrogens (tertiary/aromatic N) is 2. The lowest BCUT2D eigenvalue weighted by Gasteiger charge is -2.34. The molecule has 1 amide bonds. The van der Waals surface area contributed by atoms with Crippen LogP contribution in [0.4, 0.5) is 0 Å². The fourth-order valence-electron chi connectivity index (χ4n) is 2.94. The van der Waals surface area contributed by atoms with E-state index in [0.29, 0.717) is 24.3 Å². The second-order valence-electron chi connectivity index (χ2n) is 5.99. The highest BCUT2D eigenvalue weighted by Crippen LogP contribution is 2.22. The van der Waals surface area contributed by atoms with Crippen LogP contribution in [0.1, 0.15) is 35.2 Å². The Bertz CT molecular complexity index is 730. The summed E-state index contributed by atoms with van der Waals surface area (Å²) in [5.41, 5.74) is 1.51. The van der Waals surface area contributed by atoms with E-state index >= 15 is 0 Å². The molecule has 3 rings (SSSR count). The number of esters is 1. The first kappa shape index (κ1) is 16.2. The number of ether oxygens (including phenoxy) is 1. The van der Waals surface area contributed by atoms with Crippen molar-refractivity contribution >= 4 is 11.9 Å². The number of likely N-dealkylation sites (tertiary alicyclic amines) is 1. The number of benzene rings is 1. The molecule has 0 radical (unpaired) electrons. The summed E-state index contributed by atoms with van der Waals surface area (Å²) in [7, 11) is 0. The van der Waals surface area contributed by atoms with Crippen LogP contribution in [0.5, 0.6) is 5.75 Å². The fraction of sp³-hybridized carbons (Fsp3) is 0.316. The van der Waals surface area contributed by atoms with Gasteiger partial charge in [-0.15, -0.1) is 0 Å². The van der Waals surface area contributed by atoms with E-state index in [1.165, 1.54) is 6.20 Å². The van der Waals surface area contributed by atoms with Crippen molar-refractivity contribution in [3.8, 4) is 5.75 Å². The van der Waals surface area contributed by atoms with Crippen LogP contribution in [0.15, 0.2) is 48.8 Å². The van der Waals surface area contributed by atoms with Crippen molar-refractivity contribution in [3.63, 3.8) is 0 Å². The molecule has 2 aromatic rings. The predicted octanol–water partition coefficient (Wildman–Crippen LogP) is 2.99. The Morgan fingerprint density at radius 2 is 2.08 bits per heavy atom. The van der Waals surface area contributed by atoms with Crippen LogP contribution in [-0.4, -0.2) is 34.3 Å². The van der Waals surface area contributed by atoms with Gasteiger partial charge in [0.1, 0.15) is 11.8 Å². The predicted molar refractivity (Wildman–Crippen MR) is 89.7 cm³/mol. The van der Waals surface area contributed by atoms with Crippen molar-refractivity contribution in [1.29, 1.82) is 0 Å². The number of amides is 1. The summed E-state index contributed by atoms with van der Waals surface area (Å²) in [4.78, 5) is 30.9. The first-order valence-corrected chi connectivity index (χ1v) is 8.14. The highest BCUT2D eigenvalue weighted by atomic mass is 16.5. The minimum Gasteiger partial charge on any atom is -0.425 e. The van der Waals surface area contributed by atoms with Crippen LogP contribution in [0.25, 0.3) is 0 Å². The van der Waals surface area contributed by atoms with Crippen LogP contribution in [-0.2, 0) is 4.79 Å². The van der Waals surface area contributed by atoms with Crippen LogP contribution in [0.3, 0.4) is 0 Å². The average molecular weight is 324 g/mol. The minimum atomic E-state index is -0.549. The Morgan fingerprint density at radius 3 is 2.83 bits per heavy atom. The molecule has 124 valence electrons. The molecule has 1 fully saturated rings. The van der Waals surface area contributed by atoms with Crippen LogP contribution in [0.2, 0.25) is 0 Å². The van der Waals surface area contributed by atoms with Gasteiger partial charge in [-0.1, -0.05) is 12.1 Å². The number of rotatable bonds is 3. The fourth-order valence-corrected chi connectivity index (χ4v) is 2.94. The van der Waals surface area contributed by atoms with Crippen molar-refractivity contribution in [2.45, 2.75) is 32.2 Å². The Balaban J connectivity index is 1.76. The summed E-state index contributed by atoms with van der Waals surface area (Å²) in [6.45, 7) is 2.50. The van der Waals surface area contributed by atoms with Gasteiger partial charge in [-0.3, -0.25) is 9.78 Å². The van der Waals surface area contributed by atoms with Crippen molar-refractivity contribution in [2.75, 3.05) is 6.54 Å². The summed E-state index contributed by atoms with van der Waals surface area (Å²) in [6.07, 6.45) is 5.57. The standard InChI is InChI=1S/C19H20N2O3/c1-14-6-4-8-16(12-14)24-19(23)17-9-2-3-11-21(17)18(22)15-7-5-10-20-13-15/h4-8,10,12-13,17H,2-3,9,11H2,1H3. The van der Waals surface area contributed by atoms with E-state index in [4.69, 9.17) is 4.74 Å². The van der Waals surface area contributed by atoms with Crippen LogP contribution in [0, 0.1) is 6.92 Å². The van der Waals surface area contributed by atoms with Crippen molar-refractivity contribution in [1.82, 2.24) is 9.88 Å². The first-order valence-electron chi connectivity index (χ1n) is 8.14. The lowest BCUT2D eigenvalue weighted by Crippen LogP contribution is -2.49. The molecule has 1 saturated heterocycles. The molecule has 24 heavy (non-hydrogen) atoms. The van der Waals surface area contributed by atoms with Gasteiger partial charge in [0, 0.05) is 18.9 Å². The number of aromatic nitrogens is 1. The van der Waals surface area contributed by atoms with Gasteiger partial charge in [0.05, 0.1) is 5.56 Å². The van der Waals surface area contributed by atoms with Crippen molar-refractivity contribution in [2.24, 2.45) is 0 Å². The van der Waals surface area contributed by atoms with Gasteiger partial charge >= 0.3 is 5.97 Å². The smallest absolute Gasteiger partial charge is 0.334 e. The van der Waals surface area contributed by atoms with Crippen LogP contribution < -0.4 is 4.74 Å². The van der Waals surface area contributed by atoms with E-state index in [1.807, 2.05) is 25.1 Å². The van der Waals surface area contributed by atoms with Gasteiger partial charge in [0.15, 0.2) is 0 Å². The van der Waals surface area contributed by atoms with Crippen molar-refractivity contribution in [3.05, 3.63) is 59.9 Å². The highest BCUT2D eigenvalue weighted by Gasteiger charge is 2.34. The molecule has 5 heteroatoms. The zero-order chi connectivity index (χ0) is 16.9. The van der Waals surface area contributed by atoms with Gasteiger partial charge in [-0.05, 0) is 56.0 Å². The molecule has 1 aromatic heterocycles. The first-order chi connectivity index (χ1) is 11.6. The molecule has 5 nitrogen and oxygen atoms in total. The van der Waals surface area contributed by atoms with Gasteiger partial charge in [0.25, 0.3) is 5.91 Å².